The zero-order valence-electron chi connectivity index (χ0n) is 11.8. The normalized spacial score (nSPS) is 15.1. The van der Waals surface area contributed by atoms with E-state index in [1.54, 1.807) is 6.92 Å². The van der Waals surface area contributed by atoms with Crippen LogP contribution in [-0.2, 0) is 21.9 Å². The number of aryl methyl sites for hydroxylation is 2. The number of amides is 1. The molecule has 0 saturated heterocycles. The van der Waals surface area contributed by atoms with Crippen LogP contribution in [0.3, 0.4) is 0 Å². The molecule has 0 saturated carbocycles. The zero-order chi connectivity index (χ0) is 15.7. The van der Waals surface area contributed by atoms with E-state index in [9.17, 15) is 13.2 Å². The molecule has 0 aliphatic carbocycles. The third-order valence-electron chi connectivity index (χ3n) is 3.17. The van der Waals surface area contributed by atoms with Crippen molar-refractivity contribution in [2.75, 3.05) is 0 Å². The standard InChI is InChI=1S/C11H19ClN4O3S/c1-5-6(2)8(11(13)17)15-20(18,19)9-7(3)14-16(4)10(9)12/h6,8,15H,5H2,1-4H3,(H2,13,17). The average molecular weight is 323 g/mol. The predicted octanol–water partition coefficient (Wildman–Crippen LogP) is 0.560. The summed E-state index contributed by atoms with van der Waals surface area (Å²) in [7, 11) is -2.43. The molecule has 0 spiro atoms. The smallest absolute Gasteiger partial charge is 0.246 e. The lowest BCUT2D eigenvalue weighted by molar-refractivity contribution is -0.120. The van der Waals surface area contributed by atoms with Crippen molar-refractivity contribution in [3.63, 3.8) is 0 Å². The quantitative estimate of drug-likeness (QED) is 0.797. The Balaban J connectivity index is 3.20. The Kier molecular flexibility index (Phi) is 5.17. The van der Waals surface area contributed by atoms with E-state index in [1.807, 2.05) is 6.92 Å². The molecule has 1 heterocycles. The summed E-state index contributed by atoms with van der Waals surface area (Å²) >= 11 is 5.94. The first-order valence-corrected chi connectivity index (χ1v) is 7.98. The summed E-state index contributed by atoms with van der Waals surface area (Å²) in [5.74, 6) is -0.946. The molecule has 20 heavy (non-hydrogen) atoms. The lowest BCUT2D eigenvalue weighted by Crippen LogP contribution is -2.48. The summed E-state index contributed by atoms with van der Waals surface area (Å²) in [6.45, 7) is 5.12. The topological polar surface area (TPSA) is 107 Å². The van der Waals surface area contributed by atoms with Gasteiger partial charge in [0.15, 0.2) is 0 Å². The van der Waals surface area contributed by atoms with Crippen LogP contribution in [0.5, 0.6) is 0 Å². The lowest BCUT2D eigenvalue weighted by Gasteiger charge is -2.20. The average Bonchev–Trinajstić information content (AvgIpc) is 2.59. The van der Waals surface area contributed by atoms with Gasteiger partial charge in [0.25, 0.3) is 0 Å². The molecule has 2 atom stereocenters. The van der Waals surface area contributed by atoms with Crippen molar-refractivity contribution < 1.29 is 13.2 Å². The zero-order valence-corrected chi connectivity index (χ0v) is 13.4. The van der Waals surface area contributed by atoms with E-state index < -0.39 is 22.0 Å². The first-order chi connectivity index (χ1) is 9.11. The minimum absolute atomic E-state index is 0.0117. The van der Waals surface area contributed by atoms with Crippen molar-refractivity contribution in [2.24, 2.45) is 18.7 Å². The SMILES string of the molecule is CCC(C)C(NS(=O)(=O)c1c(C)nn(C)c1Cl)C(N)=O. The Morgan fingerprint density at radius 3 is 2.45 bits per heavy atom. The van der Waals surface area contributed by atoms with Gasteiger partial charge in [0.1, 0.15) is 16.1 Å². The molecule has 1 amide bonds. The van der Waals surface area contributed by atoms with Gasteiger partial charge in [0, 0.05) is 7.05 Å². The number of hydrogen-bond donors (Lipinski definition) is 2. The Labute approximate surface area is 123 Å². The van der Waals surface area contributed by atoms with Crippen molar-refractivity contribution in [1.29, 1.82) is 0 Å². The molecular formula is C11H19ClN4O3S. The molecule has 0 fully saturated rings. The molecule has 0 radical (unpaired) electrons. The van der Waals surface area contributed by atoms with E-state index in [1.165, 1.54) is 18.7 Å². The summed E-state index contributed by atoms with van der Waals surface area (Å²) in [6, 6.07) is -0.985. The van der Waals surface area contributed by atoms with Crippen LogP contribution >= 0.6 is 11.6 Å². The Morgan fingerprint density at radius 2 is 2.10 bits per heavy atom. The van der Waals surface area contributed by atoms with Crippen molar-refractivity contribution in [3.8, 4) is 0 Å². The molecule has 1 rings (SSSR count). The lowest BCUT2D eigenvalue weighted by atomic mass is 10.00. The molecule has 0 aromatic carbocycles. The molecule has 7 nitrogen and oxygen atoms in total. The number of aromatic nitrogens is 2. The molecule has 0 aliphatic rings. The van der Waals surface area contributed by atoms with Gasteiger partial charge in [-0.3, -0.25) is 9.48 Å². The van der Waals surface area contributed by atoms with Gasteiger partial charge < -0.3 is 5.73 Å². The molecule has 0 aliphatic heterocycles. The van der Waals surface area contributed by atoms with Crippen molar-refractivity contribution >= 4 is 27.5 Å². The van der Waals surface area contributed by atoms with E-state index in [2.05, 4.69) is 9.82 Å². The Hall–Kier alpha value is -1.12. The van der Waals surface area contributed by atoms with Gasteiger partial charge in [-0.15, -0.1) is 0 Å². The second-order valence-electron chi connectivity index (χ2n) is 4.72. The van der Waals surface area contributed by atoms with Crippen LogP contribution in [0.4, 0.5) is 0 Å². The van der Waals surface area contributed by atoms with Crippen LogP contribution in [0.15, 0.2) is 4.90 Å². The van der Waals surface area contributed by atoms with Crippen molar-refractivity contribution in [1.82, 2.24) is 14.5 Å². The highest BCUT2D eigenvalue weighted by Crippen LogP contribution is 2.24. The summed E-state index contributed by atoms with van der Waals surface area (Å²) in [5.41, 5.74) is 5.52. The Bertz CT molecular complexity index is 611. The fraction of sp³-hybridized carbons (Fsp3) is 0.636. The van der Waals surface area contributed by atoms with Crippen LogP contribution in [0.1, 0.15) is 26.0 Å². The summed E-state index contributed by atoms with van der Waals surface area (Å²) in [4.78, 5) is 11.3. The highest BCUT2D eigenvalue weighted by atomic mass is 35.5. The maximum absolute atomic E-state index is 12.4. The molecule has 2 unspecified atom stereocenters. The molecule has 3 N–H and O–H groups in total. The molecule has 1 aromatic heterocycles. The van der Waals surface area contributed by atoms with Gasteiger partial charge in [-0.1, -0.05) is 31.9 Å². The van der Waals surface area contributed by atoms with E-state index >= 15 is 0 Å². The van der Waals surface area contributed by atoms with Crippen LogP contribution in [-0.4, -0.2) is 30.1 Å². The van der Waals surface area contributed by atoms with Crippen LogP contribution in [0, 0.1) is 12.8 Å². The van der Waals surface area contributed by atoms with E-state index in [0.29, 0.717) is 6.42 Å². The number of primary amides is 1. The number of carbonyl (C=O) groups is 1. The molecule has 0 bridgehead atoms. The van der Waals surface area contributed by atoms with Crippen LogP contribution in [0.2, 0.25) is 5.15 Å². The molecular weight excluding hydrogens is 304 g/mol. The summed E-state index contributed by atoms with van der Waals surface area (Å²) < 4.78 is 28.3. The fourth-order valence-electron chi connectivity index (χ4n) is 1.83. The number of sulfonamides is 1. The van der Waals surface area contributed by atoms with Crippen LogP contribution in [0.25, 0.3) is 0 Å². The van der Waals surface area contributed by atoms with Crippen molar-refractivity contribution in [3.05, 3.63) is 10.8 Å². The minimum atomic E-state index is -3.97. The third-order valence-corrected chi connectivity index (χ3v) is 5.31. The fourth-order valence-corrected chi connectivity index (χ4v) is 3.90. The number of halogens is 1. The number of nitrogens with zero attached hydrogens (tertiary/aromatic N) is 2. The predicted molar refractivity (Wildman–Crippen MR) is 75.7 cm³/mol. The molecule has 9 heteroatoms. The summed E-state index contributed by atoms with van der Waals surface area (Å²) in [6.07, 6.45) is 0.607. The number of carbonyl (C=O) groups excluding carboxylic acids is 1. The second kappa shape index (κ2) is 6.11. The number of hydrogen-bond acceptors (Lipinski definition) is 4. The maximum atomic E-state index is 12.4. The van der Waals surface area contributed by atoms with Gasteiger partial charge in [-0.05, 0) is 12.8 Å². The van der Waals surface area contributed by atoms with E-state index in [4.69, 9.17) is 17.3 Å². The monoisotopic (exact) mass is 322 g/mol. The molecule has 114 valence electrons. The highest BCUT2D eigenvalue weighted by Gasteiger charge is 2.32. The van der Waals surface area contributed by atoms with E-state index in [0.717, 1.165) is 0 Å². The van der Waals surface area contributed by atoms with E-state index in [-0.39, 0.29) is 21.7 Å². The number of nitrogens with two attached hydrogens (primary N) is 1. The van der Waals surface area contributed by atoms with Gasteiger partial charge in [-0.25, -0.2) is 8.42 Å². The third kappa shape index (κ3) is 3.31. The highest BCUT2D eigenvalue weighted by molar-refractivity contribution is 7.89. The first-order valence-electron chi connectivity index (χ1n) is 6.12. The Morgan fingerprint density at radius 1 is 1.55 bits per heavy atom. The van der Waals surface area contributed by atoms with Crippen molar-refractivity contribution in [2.45, 2.75) is 38.1 Å². The first kappa shape index (κ1) is 16.9. The maximum Gasteiger partial charge on any atom is 0.246 e. The minimum Gasteiger partial charge on any atom is -0.368 e. The van der Waals surface area contributed by atoms with Gasteiger partial charge >= 0.3 is 0 Å². The largest absolute Gasteiger partial charge is 0.368 e. The van der Waals surface area contributed by atoms with Gasteiger partial charge in [0.05, 0.1) is 5.69 Å². The molecule has 1 aromatic rings. The summed E-state index contributed by atoms with van der Waals surface area (Å²) in [5, 5.41) is 3.93. The van der Waals surface area contributed by atoms with Gasteiger partial charge in [0.2, 0.25) is 15.9 Å². The number of rotatable bonds is 6. The second-order valence-corrected chi connectivity index (χ2v) is 6.72. The van der Waals surface area contributed by atoms with Crippen LogP contribution < -0.4 is 10.5 Å². The number of nitrogens with one attached hydrogen (secondary N) is 1. The van der Waals surface area contributed by atoms with Gasteiger partial charge in [-0.2, -0.15) is 9.82 Å².